The van der Waals surface area contributed by atoms with Gasteiger partial charge in [-0.1, -0.05) is 10.4 Å². The summed E-state index contributed by atoms with van der Waals surface area (Å²) in [7, 11) is -4.50. The molecule has 15 heavy (non-hydrogen) atoms. The zero-order valence-corrected chi connectivity index (χ0v) is 8.06. The van der Waals surface area contributed by atoms with Gasteiger partial charge in [-0.2, -0.15) is 14.0 Å². The first-order valence-electron chi connectivity index (χ1n) is 3.88. The largest absolute Gasteiger partial charge is 0.382 e. The molecule has 0 bridgehead atoms. The first kappa shape index (κ1) is 10.1. The summed E-state index contributed by atoms with van der Waals surface area (Å²) in [6.07, 6.45) is 2.98. The molecule has 7 heteroatoms. The van der Waals surface area contributed by atoms with Crippen LogP contribution >= 0.6 is 0 Å². The standard InChI is InChI=1S/C8H6ClNO5/c11-9(12,13)14-7-2-1-3-8-6(7)4-5-10-15-8/h1-5,10H. The van der Waals surface area contributed by atoms with Crippen LogP contribution in [0.25, 0.3) is 6.08 Å². The Bertz CT molecular complexity index is 401. The van der Waals surface area contributed by atoms with E-state index in [1.807, 2.05) is 0 Å². The van der Waals surface area contributed by atoms with Crippen molar-refractivity contribution in [3.05, 3.63) is 30.0 Å². The van der Waals surface area contributed by atoms with E-state index in [-0.39, 0.29) is 5.75 Å². The molecule has 1 aliphatic rings. The van der Waals surface area contributed by atoms with E-state index < -0.39 is 10.2 Å². The van der Waals surface area contributed by atoms with E-state index in [0.29, 0.717) is 11.3 Å². The molecule has 0 unspecified atom stereocenters. The van der Waals surface area contributed by atoms with E-state index in [2.05, 4.69) is 9.77 Å². The minimum atomic E-state index is -4.50. The molecular formula is C8H6ClNO5. The van der Waals surface area contributed by atoms with Crippen molar-refractivity contribution in [2.45, 2.75) is 0 Å². The van der Waals surface area contributed by atoms with Crippen molar-refractivity contribution in [2.75, 3.05) is 0 Å². The summed E-state index contributed by atoms with van der Waals surface area (Å²) in [6, 6.07) is 4.48. The van der Waals surface area contributed by atoms with Gasteiger partial charge in [0.25, 0.3) is 5.75 Å². The van der Waals surface area contributed by atoms with Crippen LogP contribution in [-0.2, 0) is 0 Å². The van der Waals surface area contributed by atoms with Crippen LogP contribution in [0.15, 0.2) is 24.4 Å². The van der Waals surface area contributed by atoms with E-state index in [4.69, 9.17) is 4.84 Å². The number of fused-ring (bicyclic) bond motifs is 1. The predicted molar refractivity (Wildman–Crippen MR) is 39.9 cm³/mol. The Balaban J connectivity index is 2.37. The molecule has 1 N–H and O–H groups in total. The maximum Gasteiger partial charge on any atom is 0.299 e. The molecule has 6 nitrogen and oxygen atoms in total. The van der Waals surface area contributed by atoms with Gasteiger partial charge in [0, 0.05) is 6.20 Å². The van der Waals surface area contributed by atoms with Gasteiger partial charge < -0.3 is 4.84 Å². The van der Waals surface area contributed by atoms with Crippen molar-refractivity contribution >= 4 is 6.08 Å². The normalized spacial score (nSPS) is 13.8. The zero-order valence-electron chi connectivity index (χ0n) is 7.31. The minimum absolute atomic E-state index is 0.0677. The van der Waals surface area contributed by atoms with Gasteiger partial charge in [-0.05, 0) is 18.2 Å². The summed E-state index contributed by atoms with van der Waals surface area (Å²) in [5.74, 6) is 0.316. The summed E-state index contributed by atoms with van der Waals surface area (Å²) < 4.78 is 35.4. The molecule has 0 aliphatic carbocycles. The number of nitrogens with one attached hydrogen (secondary N) is 1. The monoisotopic (exact) mass is 231 g/mol. The number of benzene rings is 1. The quantitative estimate of drug-likeness (QED) is 0.622. The van der Waals surface area contributed by atoms with Crippen molar-refractivity contribution < 1.29 is 33.3 Å². The molecule has 0 fully saturated rings. The van der Waals surface area contributed by atoms with E-state index >= 15 is 0 Å². The fourth-order valence-corrected chi connectivity index (χ4v) is 1.50. The minimum Gasteiger partial charge on any atom is -0.382 e. The maximum absolute atomic E-state index is 10.4. The van der Waals surface area contributed by atoms with Gasteiger partial charge in [0.1, 0.15) is 10.2 Å². The third-order valence-electron chi connectivity index (χ3n) is 1.69. The van der Waals surface area contributed by atoms with Crippen LogP contribution in [0.1, 0.15) is 5.56 Å². The maximum atomic E-state index is 10.4. The molecule has 1 heterocycles. The Morgan fingerprint density at radius 3 is 2.80 bits per heavy atom. The van der Waals surface area contributed by atoms with E-state index in [1.54, 1.807) is 6.07 Å². The average molecular weight is 232 g/mol. The first-order valence-corrected chi connectivity index (χ1v) is 5.12. The Kier molecular flexibility index (Phi) is 2.41. The summed E-state index contributed by atoms with van der Waals surface area (Å²) in [6.45, 7) is 0. The van der Waals surface area contributed by atoms with Crippen molar-refractivity contribution in [1.29, 1.82) is 0 Å². The van der Waals surface area contributed by atoms with Crippen LogP contribution in [0.3, 0.4) is 0 Å². The van der Waals surface area contributed by atoms with Crippen molar-refractivity contribution in [2.24, 2.45) is 0 Å². The van der Waals surface area contributed by atoms with Gasteiger partial charge in [0.05, 0.1) is 5.56 Å². The summed E-state index contributed by atoms with van der Waals surface area (Å²) in [4.78, 5) is 4.96. The third-order valence-corrected chi connectivity index (χ3v) is 2.05. The van der Waals surface area contributed by atoms with Gasteiger partial charge in [-0.3, -0.25) is 0 Å². The Morgan fingerprint density at radius 2 is 2.07 bits per heavy atom. The first-order chi connectivity index (χ1) is 7.06. The van der Waals surface area contributed by atoms with Gasteiger partial charge in [0.2, 0.25) is 0 Å². The highest BCUT2D eigenvalue weighted by atomic mass is 35.7. The van der Waals surface area contributed by atoms with E-state index in [1.165, 1.54) is 24.4 Å². The Labute approximate surface area is 87.0 Å². The fourth-order valence-electron chi connectivity index (χ4n) is 1.16. The number of hydrogen-bond donors (Lipinski definition) is 1. The summed E-state index contributed by atoms with van der Waals surface area (Å²) in [5.41, 5.74) is 2.86. The van der Waals surface area contributed by atoms with Crippen molar-refractivity contribution in [1.82, 2.24) is 5.48 Å². The highest BCUT2D eigenvalue weighted by Gasteiger charge is 2.24. The molecular weight excluding hydrogens is 226 g/mol. The third kappa shape index (κ3) is 2.31. The van der Waals surface area contributed by atoms with Gasteiger partial charge >= 0.3 is 0 Å². The lowest BCUT2D eigenvalue weighted by Crippen LogP contribution is -2.63. The van der Waals surface area contributed by atoms with Crippen molar-refractivity contribution in [3.63, 3.8) is 0 Å². The van der Waals surface area contributed by atoms with Crippen LogP contribution in [0.5, 0.6) is 11.5 Å². The molecule has 0 saturated heterocycles. The van der Waals surface area contributed by atoms with Crippen LogP contribution in [0.4, 0.5) is 0 Å². The molecule has 0 aromatic heterocycles. The molecule has 80 valence electrons. The fraction of sp³-hybridized carbons (Fsp3) is 0. The van der Waals surface area contributed by atoms with Crippen LogP contribution in [0.2, 0.25) is 0 Å². The number of hydroxylamine groups is 1. The number of halogens is 1. The molecule has 1 aromatic rings. The highest BCUT2D eigenvalue weighted by molar-refractivity contribution is 5.65. The second kappa shape index (κ2) is 3.59. The summed E-state index contributed by atoms with van der Waals surface area (Å²) in [5, 5.41) is 0. The molecule has 0 saturated carbocycles. The Morgan fingerprint density at radius 1 is 1.27 bits per heavy atom. The second-order valence-electron chi connectivity index (χ2n) is 2.68. The highest BCUT2D eigenvalue weighted by Crippen LogP contribution is 2.31. The van der Waals surface area contributed by atoms with Gasteiger partial charge in [-0.25, -0.2) is 5.48 Å². The summed E-state index contributed by atoms with van der Waals surface area (Å²) >= 11 is 0. The van der Waals surface area contributed by atoms with Crippen molar-refractivity contribution in [3.8, 4) is 11.5 Å². The lowest BCUT2D eigenvalue weighted by molar-refractivity contribution is -1.91. The van der Waals surface area contributed by atoms with E-state index in [9.17, 15) is 14.0 Å². The average Bonchev–Trinajstić information content (AvgIpc) is 2.16. The van der Waals surface area contributed by atoms with Crippen LogP contribution in [0, 0.1) is 10.2 Å². The van der Waals surface area contributed by atoms with Gasteiger partial charge in [-0.15, -0.1) is 0 Å². The molecule has 0 amide bonds. The lowest BCUT2D eigenvalue weighted by Gasteiger charge is -2.16. The SMILES string of the molecule is [O-][Cl+3]([O-])([O-])Oc1cccc2c1C=CNO2. The molecule has 0 spiro atoms. The zero-order chi connectivity index (χ0) is 10.9. The van der Waals surface area contributed by atoms with Gasteiger partial charge in [0.15, 0.2) is 5.75 Å². The molecule has 0 atom stereocenters. The molecule has 1 aliphatic heterocycles. The van der Waals surface area contributed by atoms with E-state index in [0.717, 1.165) is 0 Å². The molecule has 1 aromatic carbocycles. The smallest absolute Gasteiger partial charge is 0.299 e. The predicted octanol–water partition coefficient (Wildman–Crippen LogP) is -2.17. The molecule has 2 rings (SSSR count). The Hall–Kier alpha value is -1.47. The van der Waals surface area contributed by atoms with Crippen LogP contribution in [-0.4, -0.2) is 0 Å². The second-order valence-corrected chi connectivity index (χ2v) is 3.59. The van der Waals surface area contributed by atoms with Crippen LogP contribution < -0.4 is 28.6 Å². The lowest BCUT2D eigenvalue weighted by atomic mass is 10.1. The topological polar surface area (TPSA) is 99.7 Å². The number of hydrogen-bond acceptors (Lipinski definition) is 6. The number of rotatable bonds is 2. The molecule has 0 radical (unpaired) electrons.